The quantitative estimate of drug-likeness (QED) is 0.733. The van der Waals surface area contributed by atoms with Crippen molar-refractivity contribution in [3.63, 3.8) is 0 Å². The van der Waals surface area contributed by atoms with Crippen LogP contribution in [-0.2, 0) is 4.79 Å². The average Bonchev–Trinajstić information content (AvgIpc) is 2.29. The molecule has 1 amide bonds. The van der Waals surface area contributed by atoms with Gasteiger partial charge in [-0.3, -0.25) is 4.79 Å². The lowest BCUT2D eigenvalue weighted by atomic mass is 9.78. The van der Waals surface area contributed by atoms with E-state index in [0.29, 0.717) is 11.8 Å². The van der Waals surface area contributed by atoms with E-state index in [1.165, 1.54) is 6.42 Å². The second-order valence-electron chi connectivity index (χ2n) is 5.00. The Labute approximate surface area is 98.4 Å². The van der Waals surface area contributed by atoms with Crippen molar-refractivity contribution in [2.45, 2.75) is 45.6 Å². The topological polar surface area (TPSA) is 46.3 Å². The summed E-state index contributed by atoms with van der Waals surface area (Å²) in [4.78, 5) is 13.8. The molecule has 0 aromatic heterocycles. The van der Waals surface area contributed by atoms with Crippen molar-refractivity contribution >= 4 is 5.91 Å². The predicted octanol–water partition coefficient (Wildman–Crippen LogP) is 1.38. The van der Waals surface area contributed by atoms with Crippen molar-refractivity contribution < 1.29 is 4.79 Å². The molecule has 16 heavy (non-hydrogen) atoms. The van der Waals surface area contributed by atoms with Gasteiger partial charge in [0.2, 0.25) is 5.91 Å². The van der Waals surface area contributed by atoms with Crippen LogP contribution in [-0.4, -0.2) is 29.9 Å². The van der Waals surface area contributed by atoms with Gasteiger partial charge in [-0.25, -0.2) is 0 Å². The van der Waals surface area contributed by atoms with Crippen LogP contribution in [0.2, 0.25) is 0 Å². The molecule has 0 spiro atoms. The van der Waals surface area contributed by atoms with Gasteiger partial charge in [-0.15, -0.1) is 12.3 Å². The molecule has 1 aliphatic rings. The van der Waals surface area contributed by atoms with Gasteiger partial charge in [0.15, 0.2) is 0 Å². The maximum absolute atomic E-state index is 11.9. The molecule has 0 aromatic carbocycles. The van der Waals surface area contributed by atoms with E-state index in [9.17, 15) is 4.79 Å². The number of carbonyl (C=O) groups excluding carboxylic acids is 1. The molecule has 0 bridgehead atoms. The Morgan fingerprint density at radius 2 is 2.12 bits per heavy atom. The fourth-order valence-electron chi connectivity index (χ4n) is 2.07. The van der Waals surface area contributed by atoms with Crippen molar-refractivity contribution in [3.05, 3.63) is 0 Å². The fourth-order valence-corrected chi connectivity index (χ4v) is 2.07. The minimum absolute atomic E-state index is 0.0103. The lowest BCUT2D eigenvalue weighted by molar-refractivity contribution is -0.134. The molecule has 0 radical (unpaired) electrons. The maximum atomic E-state index is 11.9. The molecule has 1 unspecified atom stereocenters. The van der Waals surface area contributed by atoms with E-state index in [0.717, 1.165) is 25.9 Å². The summed E-state index contributed by atoms with van der Waals surface area (Å²) in [6.07, 6.45) is 8.80. The van der Waals surface area contributed by atoms with Crippen LogP contribution >= 0.6 is 0 Å². The Balaban J connectivity index is 2.48. The number of rotatable bonds is 3. The molecule has 0 aliphatic carbocycles. The first-order chi connectivity index (χ1) is 7.52. The molecular weight excluding hydrogens is 200 g/mol. The molecular formula is C13H22N2O. The van der Waals surface area contributed by atoms with E-state index in [1.807, 2.05) is 4.90 Å². The number of terminal acetylenes is 1. The standard InChI is InChI=1S/C13H22N2O/c1-4-6-11(14)12(16)15-9-7-13(3,5-2)8-10-15/h1,11H,5-10,14H2,2-3H3. The van der Waals surface area contributed by atoms with Crippen LogP contribution in [0, 0.1) is 17.8 Å². The van der Waals surface area contributed by atoms with E-state index in [-0.39, 0.29) is 5.91 Å². The first-order valence-corrected chi connectivity index (χ1v) is 6.00. The average molecular weight is 222 g/mol. The summed E-state index contributed by atoms with van der Waals surface area (Å²) in [6.45, 7) is 6.14. The highest BCUT2D eigenvalue weighted by atomic mass is 16.2. The first-order valence-electron chi connectivity index (χ1n) is 6.00. The lowest BCUT2D eigenvalue weighted by Gasteiger charge is -2.39. The number of amides is 1. The van der Waals surface area contributed by atoms with E-state index in [1.54, 1.807) is 0 Å². The van der Waals surface area contributed by atoms with Gasteiger partial charge in [0, 0.05) is 19.5 Å². The van der Waals surface area contributed by atoms with E-state index < -0.39 is 6.04 Å². The van der Waals surface area contributed by atoms with Gasteiger partial charge in [-0.2, -0.15) is 0 Å². The van der Waals surface area contributed by atoms with Gasteiger partial charge < -0.3 is 10.6 Å². The Morgan fingerprint density at radius 3 is 2.56 bits per heavy atom. The largest absolute Gasteiger partial charge is 0.341 e. The van der Waals surface area contributed by atoms with Crippen LogP contribution < -0.4 is 5.73 Å². The number of hydrogen-bond donors (Lipinski definition) is 1. The maximum Gasteiger partial charge on any atom is 0.240 e. The zero-order chi connectivity index (χ0) is 12.2. The van der Waals surface area contributed by atoms with Gasteiger partial charge in [0.05, 0.1) is 6.04 Å². The summed E-state index contributed by atoms with van der Waals surface area (Å²) < 4.78 is 0. The molecule has 1 saturated heterocycles. The molecule has 90 valence electrons. The van der Waals surface area contributed by atoms with Crippen LogP contribution in [0.15, 0.2) is 0 Å². The van der Waals surface area contributed by atoms with Crippen LogP contribution in [0.3, 0.4) is 0 Å². The minimum Gasteiger partial charge on any atom is -0.341 e. The lowest BCUT2D eigenvalue weighted by Crippen LogP contribution is -2.48. The van der Waals surface area contributed by atoms with E-state index >= 15 is 0 Å². The molecule has 1 heterocycles. The van der Waals surface area contributed by atoms with Crippen LogP contribution in [0.5, 0.6) is 0 Å². The number of likely N-dealkylation sites (tertiary alicyclic amines) is 1. The molecule has 3 nitrogen and oxygen atoms in total. The minimum atomic E-state index is -0.518. The van der Waals surface area contributed by atoms with Crippen molar-refractivity contribution in [1.29, 1.82) is 0 Å². The van der Waals surface area contributed by atoms with Crippen LogP contribution in [0.1, 0.15) is 39.5 Å². The predicted molar refractivity (Wildman–Crippen MR) is 65.6 cm³/mol. The highest BCUT2D eigenvalue weighted by Gasteiger charge is 2.31. The number of nitrogens with zero attached hydrogens (tertiary/aromatic N) is 1. The number of nitrogens with two attached hydrogens (primary N) is 1. The van der Waals surface area contributed by atoms with Gasteiger partial charge in [-0.1, -0.05) is 20.3 Å². The zero-order valence-corrected chi connectivity index (χ0v) is 10.3. The van der Waals surface area contributed by atoms with Crippen LogP contribution in [0.25, 0.3) is 0 Å². The Morgan fingerprint density at radius 1 is 1.56 bits per heavy atom. The monoisotopic (exact) mass is 222 g/mol. The first kappa shape index (κ1) is 13.1. The molecule has 1 rings (SSSR count). The summed E-state index contributed by atoms with van der Waals surface area (Å²) in [5, 5.41) is 0. The number of hydrogen-bond acceptors (Lipinski definition) is 2. The summed E-state index contributed by atoms with van der Waals surface area (Å²) in [7, 11) is 0. The summed E-state index contributed by atoms with van der Waals surface area (Å²) in [6, 6.07) is -0.518. The van der Waals surface area contributed by atoms with Crippen molar-refractivity contribution in [2.75, 3.05) is 13.1 Å². The SMILES string of the molecule is C#CCC(N)C(=O)N1CCC(C)(CC)CC1. The second kappa shape index (κ2) is 5.36. The third-order valence-corrected chi connectivity index (χ3v) is 3.79. The summed E-state index contributed by atoms with van der Waals surface area (Å²) in [5.74, 6) is 2.45. The van der Waals surface area contributed by atoms with Gasteiger partial charge in [0.1, 0.15) is 0 Å². The van der Waals surface area contributed by atoms with E-state index in [2.05, 4.69) is 19.8 Å². The highest BCUT2D eigenvalue weighted by Crippen LogP contribution is 2.33. The molecule has 1 atom stereocenters. The fraction of sp³-hybridized carbons (Fsp3) is 0.769. The molecule has 3 heteroatoms. The van der Waals surface area contributed by atoms with Crippen LogP contribution in [0.4, 0.5) is 0 Å². The number of piperidine rings is 1. The Kier molecular flexibility index (Phi) is 4.37. The second-order valence-corrected chi connectivity index (χ2v) is 5.00. The van der Waals surface area contributed by atoms with Crippen molar-refractivity contribution in [3.8, 4) is 12.3 Å². The summed E-state index contributed by atoms with van der Waals surface area (Å²) in [5.41, 5.74) is 6.12. The van der Waals surface area contributed by atoms with E-state index in [4.69, 9.17) is 12.2 Å². The molecule has 1 fully saturated rings. The Bertz CT molecular complexity index is 285. The molecule has 0 saturated carbocycles. The molecule has 2 N–H and O–H groups in total. The van der Waals surface area contributed by atoms with Gasteiger partial charge in [-0.05, 0) is 18.3 Å². The third-order valence-electron chi connectivity index (χ3n) is 3.79. The Hall–Kier alpha value is -1.01. The van der Waals surface area contributed by atoms with Crippen molar-refractivity contribution in [2.24, 2.45) is 11.1 Å². The normalized spacial score (nSPS) is 21.2. The zero-order valence-electron chi connectivity index (χ0n) is 10.3. The molecule has 1 aliphatic heterocycles. The highest BCUT2D eigenvalue weighted by molar-refractivity contribution is 5.82. The van der Waals surface area contributed by atoms with Gasteiger partial charge >= 0.3 is 0 Å². The smallest absolute Gasteiger partial charge is 0.240 e. The van der Waals surface area contributed by atoms with Crippen molar-refractivity contribution in [1.82, 2.24) is 4.90 Å². The van der Waals surface area contributed by atoms with Gasteiger partial charge in [0.25, 0.3) is 0 Å². The number of carbonyl (C=O) groups is 1. The molecule has 0 aromatic rings. The summed E-state index contributed by atoms with van der Waals surface area (Å²) >= 11 is 0. The third kappa shape index (κ3) is 2.99.